The smallest absolute Gasteiger partial charge is 0.223 e. The molecular formula is C15H20N2O2. The summed E-state index contributed by atoms with van der Waals surface area (Å²) in [4.78, 5) is 21.2. The maximum Gasteiger partial charge on any atom is 0.223 e. The van der Waals surface area contributed by atoms with Crippen molar-refractivity contribution in [3.63, 3.8) is 0 Å². The van der Waals surface area contributed by atoms with E-state index in [-0.39, 0.29) is 29.7 Å². The summed E-state index contributed by atoms with van der Waals surface area (Å²) in [5.74, 6) is 0.444. The summed E-state index contributed by atoms with van der Waals surface area (Å²) in [5.41, 5.74) is 6.07. The van der Waals surface area contributed by atoms with Crippen LogP contribution in [-0.2, 0) is 9.59 Å². The average molecular weight is 260 g/mol. The van der Waals surface area contributed by atoms with E-state index in [1.165, 1.54) is 5.56 Å². The number of primary amides is 1. The average Bonchev–Trinajstić information content (AvgIpc) is 3.19. The molecule has 1 heterocycles. The number of amides is 2. The van der Waals surface area contributed by atoms with Crippen molar-refractivity contribution in [2.75, 3.05) is 0 Å². The molecule has 19 heavy (non-hydrogen) atoms. The molecule has 3 N–H and O–H groups in total. The van der Waals surface area contributed by atoms with Crippen LogP contribution in [0.15, 0.2) is 30.3 Å². The summed E-state index contributed by atoms with van der Waals surface area (Å²) in [6.07, 6.45) is 2.97. The number of benzene rings is 1. The second-order valence-electron chi connectivity index (χ2n) is 5.29. The molecule has 3 rings (SSSR count). The molecule has 1 aromatic carbocycles. The molecule has 0 aromatic heterocycles. The van der Waals surface area contributed by atoms with E-state index in [2.05, 4.69) is 17.4 Å². The van der Waals surface area contributed by atoms with Crippen molar-refractivity contribution >= 4 is 11.8 Å². The van der Waals surface area contributed by atoms with E-state index >= 15 is 0 Å². The second kappa shape index (κ2) is 5.87. The van der Waals surface area contributed by atoms with Gasteiger partial charge in [0.15, 0.2) is 0 Å². The largest absolute Gasteiger partial charge is 0.369 e. The molecule has 1 saturated heterocycles. The number of nitrogens with one attached hydrogen (secondary N) is 1. The lowest BCUT2D eigenvalue weighted by Gasteiger charge is -2.08. The molecule has 1 aliphatic heterocycles. The first kappa shape index (κ1) is 13.6. The lowest BCUT2D eigenvalue weighted by atomic mass is 10.0. The van der Waals surface area contributed by atoms with Crippen LogP contribution in [0, 0.1) is 11.8 Å². The zero-order valence-electron chi connectivity index (χ0n) is 11.1. The minimum Gasteiger partial charge on any atom is -0.369 e. The fourth-order valence-corrected chi connectivity index (χ4v) is 2.11. The Morgan fingerprint density at radius 1 is 1.26 bits per heavy atom. The summed E-state index contributed by atoms with van der Waals surface area (Å²) < 4.78 is 0. The minimum atomic E-state index is -0.130. The zero-order chi connectivity index (χ0) is 13.8. The van der Waals surface area contributed by atoms with Gasteiger partial charge >= 0.3 is 0 Å². The lowest BCUT2D eigenvalue weighted by molar-refractivity contribution is -0.122. The molecule has 4 heteroatoms. The second-order valence-corrected chi connectivity index (χ2v) is 5.29. The van der Waals surface area contributed by atoms with Crippen molar-refractivity contribution in [3.05, 3.63) is 35.9 Å². The fraction of sp³-hybridized carbons (Fsp3) is 0.467. The first-order valence-electron chi connectivity index (χ1n) is 6.72. The highest BCUT2D eigenvalue weighted by Crippen LogP contribution is 2.27. The van der Waals surface area contributed by atoms with Crippen molar-refractivity contribution in [3.8, 4) is 0 Å². The van der Waals surface area contributed by atoms with E-state index in [0.717, 1.165) is 19.3 Å². The van der Waals surface area contributed by atoms with Crippen LogP contribution in [0.1, 0.15) is 37.8 Å². The van der Waals surface area contributed by atoms with E-state index in [4.69, 9.17) is 5.73 Å². The highest BCUT2D eigenvalue weighted by Gasteiger charge is 2.28. The molecule has 1 saturated carbocycles. The molecule has 1 unspecified atom stereocenters. The Hall–Kier alpha value is -1.84. The van der Waals surface area contributed by atoms with Gasteiger partial charge in [-0.15, -0.1) is 0 Å². The van der Waals surface area contributed by atoms with Crippen LogP contribution in [0.25, 0.3) is 0 Å². The SMILES string of the molecule is C[C@H]1CC(c2ccccc2)NC1=O.NC(=O)C1CC1. The number of carbonyl (C=O) groups excluding carboxylic acids is 2. The van der Waals surface area contributed by atoms with Crippen LogP contribution in [0.5, 0.6) is 0 Å². The Labute approximate surface area is 113 Å². The molecule has 1 aliphatic carbocycles. The van der Waals surface area contributed by atoms with Gasteiger partial charge in [0, 0.05) is 11.8 Å². The van der Waals surface area contributed by atoms with Gasteiger partial charge in [-0.1, -0.05) is 37.3 Å². The quantitative estimate of drug-likeness (QED) is 0.850. The predicted molar refractivity (Wildman–Crippen MR) is 73.0 cm³/mol. The van der Waals surface area contributed by atoms with Gasteiger partial charge in [0.1, 0.15) is 0 Å². The summed E-state index contributed by atoms with van der Waals surface area (Å²) in [6.45, 7) is 1.97. The third-order valence-electron chi connectivity index (χ3n) is 3.53. The van der Waals surface area contributed by atoms with Gasteiger partial charge in [-0.2, -0.15) is 0 Å². The maximum absolute atomic E-state index is 11.2. The highest BCUT2D eigenvalue weighted by atomic mass is 16.2. The van der Waals surface area contributed by atoms with Crippen LogP contribution in [0.4, 0.5) is 0 Å². The molecule has 1 aromatic rings. The Morgan fingerprint density at radius 3 is 2.26 bits per heavy atom. The number of rotatable bonds is 2. The van der Waals surface area contributed by atoms with Gasteiger partial charge in [0.05, 0.1) is 6.04 Å². The highest BCUT2D eigenvalue weighted by molar-refractivity contribution is 5.81. The first-order chi connectivity index (χ1) is 9.08. The molecule has 2 amide bonds. The van der Waals surface area contributed by atoms with Crippen LogP contribution in [-0.4, -0.2) is 11.8 Å². The standard InChI is InChI=1S/C11H13NO.C4H7NO/c1-8-7-10(12-11(8)13)9-5-3-2-4-6-9;5-4(6)3-1-2-3/h2-6,8,10H,7H2,1H3,(H,12,13);3H,1-2H2,(H2,5,6)/t8-,10?;/m0./s1. The predicted octanol–water partition coefficient (Wildman–Crippen LogP) is 1.77. The van der Waals surface area contributed by atoms with Crippen LogP contribution in [0.3, 0.4) is 0 Å². The van der Waals surface area contributed by atoms with Crippen molar-refractivity contribution in [2.24, 2.45) is 17.6 Å². The van der Waals surface area contributed by atoms with Gasteiger partial charge in [-0.3, -0.25) is 9.59 Å². The van der Waals surface area contributed by atoms with Crippen molar-refractivity contribution in [2.45, 2.75) is 32.2 Å². The Morgan fingerprint density at radius 2 is 1.89 bits per heavy atom. The third kappa shape index (κ3) is 3.81. The van der Waals surface area contributed by atoms with E-state index in [0.29, 0.717) is 0 Å². The van der Waals surface area contributed by atoms with E-state index in [1.807, 2.05) is 25.1 Å². The molecule has 2 aliphatic rings. The summed E-state index contributed by atoms with van der Waals surface area (Å²) in [7, 11) is 0. The Kier molecular flexibility index (Phi) is 4.20. The molecule has 2 fully saturated rings. The molecule has 4 nitrogen and oxygen atoms in total. The van der Waals surface area contributed by atoms with Gasteiger partial charge in [0.25, 0.3) is 0 Å². The molecule has 102 valence electrons. The van der Waals surface area contributed by atoms with Crippen LogP contribution in [0.2, 0.25) is 0 Å². The Balaban J connectivity index is 0.000000186. The Bertz CT molecular complexity index is 454. The summed E-state index contributed by atoms with van der Waals surface area (Å²) >= 11 is 0. The maximum atomic E-state index is 11.2. The molecule has 0 radical (unpaired) electrons. The van der Waals surface area contributed by atoms with E-state index in [9.17, 15) is 9.59 Å². The van der Waals surface area contributed by atoms with Crippen LogP contribution < -0.4 is 11.1 Å². The van der Waals surface area contributed by atoms with Gasteiger partial charge in [-0.25, -0.2) is 0 Å². The number of nitrogens with two attached hydrogens (primary N) is 1. The number of carbonyl (C=O) groups is 2. The zero-order valence-corrected chi connectivity index (χ0v) is 11.1. The number of hydrogen-bond acceptors (Lipinski definition) is 2. The third-order valence-corrected chi connectivity index (χ3v) is 3.53. The molecule has 2 atom stereocenters. The van der Waals surface area contributed by atoms with E-state index in [1.54, 1.807) is 0 Å². The van der Waals surface area contributed by atoms with Gasteiger partial charge in [0.2, 0.25) is 11.8 Å². The summed E-state index contributed by atoms with van der Waals surface area (Å²) in [5, 5.41) is 2.98. The normalized spacial score (nSPS) is 25.2. The van der Waals surface area contributed by atoms with Gasteiger partial charge in [-0.05, 0) is 24.8 Å². The van der Waals surface area contributed by atoms with Crippen LogP contribution >= 0.6 is 0 Å². The van der Waals surface area contributed by atoms with Gasteiger partial charge < -0.3 is 11.1 Å². The summed E-state index contributed by atoms with van der Waals surface area (Å²) in [6, 6.07) is 10.3. The van der Waals surface area contributed by atoms with Crippen molar-refractivity contribution in [1.29, 1.82) is 0 Å². The molecular weight excluding hydrogens is 240 g/mol. The molecule has 0 bridgehead atoms. The van der Waals surface area contributed by atoms with E-state index < -0.39 is 0 Å². The first-order valence-corrected chi connectivity index (χ1v) is 6.72. The van der Waals surface area contributed by atoms with Crippen molar-refractivity contribution < 1.29 is 9.59 Å². The number of hydrogen-bond donors (Lipinski definition) is 2. The monoisotopic (exact) mass is 260 g/mol. The minimum absolute atomic E-state index is 0.130. The lowest BCUT2D eigenvalue weighted by Crippen LogP contribution is -2.20. The van der Waals surface area contributed by atoms with Crippen molar-refractivity contribution in [1.82, 2.24) is 5.32 Å². The fourth-order valence-electron chi connectivity index (χ4n) is 2.11. The molecule has 0 spiro atoms. The topological polar surface area (TPSA) is 72.2 Å².